The molecule has 0 atom stereocenters. The molecular formula is C53H33N3O. The van der Waals surface area contributed by atoms with Crippen molar-refractivity contribution in [1.82, 2.24) is 15.0 Å². The lowest BCUT2D eigenvalue weighted by Crippen LogP contribution is -2.00. The van der Waals surface area contributed by atoms with E-state index in [1.54, 1.807) is 0 Å². The van der Waals surface area contributed by atoms with Crippen LogP contribution in [-0.4, -0.2) is 15.0 Å². The maximum atomic E-state index is 6.80. The van der Waals surface area contributed by atoms with Crippen molar-refractivity contribution in [3.05, 3.63) is 200 Å². The minimum absolute atomic E-state index is 0.549. The molecule has 0 radical (unpaired) electrons. The second-order valence-electron chi connectivity index (χ2n) is 14.4. The lowest BCUT2D eigenvalue weighted by molar-refractivity contribution is 0.670. The molecule has 0 saturated carbocycles. The van der Waals surface area contributed by atoms with E-state index in [0.717, 1.165) is 66.1 Å². The fourth-order valence-electron chi connectivity index (χ4n) is 8.00. The number of fused-ring (bicyclic) bond motifs is 5. The lowest BCUT2D eigenvalue weighted by atomic mass is 9.96. The minimum Gasteiger partial charge on any atom is -0.455 e. The molecule has 0 N–H and O–H groups in total. The number of aromatic nitrogens is 3. The molecule has 57 heavy (non-hydrogen) atoms. The summed E-state index contributed by atoms with van der Waals surface area (Å²) in [4.78, 5) is 15.5. The van der Waals surface area contributed by atoms with Crippen LogP contribution in [0.4, 0.5) is 0 Å². The summed E-state index contributed by atoms with van der Waals surface area (Å²) in [5, 5.41) is 6.79. The van der Waals surface area contributed by atoms with Gasteiger partial charge in [0, 0.05) is 21.9 Å². The summed E-state index contributed by atoms with van der Waals surface area (Å²) < 4.78 is 6.80. The Morgan fingerprint density at radius 1 is 0.281 bits per heavy atom. The Morgan fingerprint density at radius 3 is 1.51 bits per heavy atom. The van der Waals surface area contributed by atoms with Gasteiger partial charge in [-0.05, 0) is 79.2 Å². The number of furan rings is 1. The van der Waals surface area contributed by atoms with Crippen molar-refractivity contribution in [1.29, 1.82) is 0 Å². The first kappa shape index (κ1) is 32.7. The molecule has 266 valence electrons. The first-order valence-electron chi connectivity index (χ1n) is 19.2. The topological polar surface area (TPSA) is 51.8 Å². The highest BCUT2D eigenvalue weighted by Gasteiger charge is 2.20. The van der Waals surface area contributed by atoms with E-state index in [4.69, 9.17) is 19.4 Å². The maximum Gasteiger partial charge on any atom is 0.167 e. The minimum atomic E-state index is 0.549. The van der Waals surface area contributed by atoms with Gasteiger partial charge in [-0.25, -0.2) is 15.0 Å². The standard InChI is InChI=1S/C53H33N3O/c1-3-12-34(13-4-1)35-22-24-36(25-23-35)43-31-47-46-30-41-17-7-8-18-42(41)33-49(46)57-50(47)48(32-43)53-55-51(39-15-5-2-6-16-39)54-52(56-53)40-28-26-38(27-29-40)45-21-11-19-37-14-9-10-20-44(37)45/h1-33H. The average molecular weight is 728 g/mol. The van der Waals surface area contributed by atoms with E-state index < -0.39 is 0 Å². The molecule has 4 heteroatoms. The highest BCUT2D eigenvalue weighted by Crippen LogP contribution is 2.41. The van der Waals surface area contributed by atoms with Crippen molar-refractivity contribution >= 4 is 43.5 Å². The van der Waals surface area contributed by atoms with Crippen LogP contribution in [0.3, 0.4) is 0 Å². The Hall–Kier alpha value is -7.69. The summed E-state index contributed by atoms with van der Waals surface area (Å²) in [7, 11) is 0. The maximum absolute atomic E-state index is 6.80. The Bertz CT molecular complexity index is 3260. The fraction of sp³-hybridized carbons (Fsp3) is 0. The van der Waals surface area contributed by atoms with Crippen molar-refractivity contribution in [2.45, 2.75) is 0 Å². The van der Waals surface area contributed by atoms with Crippen LogP contribution in [0.1, 0.15) is 0 Å². The summed E-state index contributed by atoms with van der Waals surface area (Å²) in [5.74, 6) is 1.74. The summed E-state index contributed by atoms with van der Waals surface area (Å²) in [6, 6.07) is 70.0. The molecule has 2 aromatic heterocycles. The predicted octanol–water partition coefficient (Wildman–Crippen LogP) is 14.1. The highest BCUT2D eigenvalue weighted by molar-refractivity contribution is 6.14. The third-order valence-corrected chi connectivity index (χ3v) is 10.9. The van der Waals surface area contributed by atoms with Gasteiger partial charge in [-0.1, -0.05) is 176 Å². The molecule has 11 rings (SSSR count). The smallest absolute Gasteiger partial charge is 0.167 e. The van der Waals surface area contributed by atoms with Crippen LogP contribution >= 0.6 is 0 Å². The highest BCUT2D eigenvalue weighted by atomic mass is 16.3. The van der Waals surface area contributed by atoms with Crippen LogP contribution in [0.2, 0.25) is 0 Å². The second-order valence-corrected chi connectivity index (χ2v) is 14.4. The summed E-state index contributed by atoms with van der Waals surface area (Å²) >= 11 is 0. The van der Waals surface area contributed by atoms with E-state index in [2.05, 4.69) is 164 Å². The lowest BCUT2D eigenvalue weighted by Gasteiger charge is -2.12. The van der Waals surface area contributed by atoms with Gasteiger partial charge in [-0.2, -0.15) is 0 Å². The van der Waals surface area contributed by atoms with Gasteiger partial charge in [0.1, 0.15) is 11.2 Å². The van der Waals surface area contributed by atoms with E-state index in [-0.39, 0.29) is 0 Å². The van der Waals surface area contributed by atoms with Gasteiger partial charge >= 0.3 is 0 Å². The van der Waals surface area contributed by atoms with Crippen LogP contribution in [0, 0.1) is 0 Å². The number of benzene rings is 9. The molecule has 0 spiro atoms. The molecule has 0 aliphatic heterocycles. The normalized spacial score (nSPS) is 11.5. The van der Waals surface area contributed by atoms with Crippen molar-refractivity contribution in [3.8, 4) is 67.5 Å². The number of nitrogens with zero attached hydrogens (tertiary/aromatic N) is 3. The molecule has 4 nitrogen and oxygen atoms in total. The number of hydrogen-bond acceptors (Lipinski definition) is 4. The molecule has 0 bridgehead atoms. The molecule has 0 aliphatic carbocycles. The van der Waals surface area contributed by atoms with E-state index in [0.29, 0.717) is 17.5 Å². The molecule has 0 unspecified atom stereocenters. The molecule has 0 saturated heterocycles. The van der Waals surface area contributed by atoms with Crippen molar-refractivity contribution in [3.63, 3.8) is 0 Å². The zero-order valence-electron chi connectivity index (χ0n) is 30.8. The second kappa shape index (κ2) is 13.6. The van der Waals surface area contributed by atoms with E-state index in [9.17, 15) is 0 Å². The number of rotatable bonds is 6. The Kier molecular flexibility index (Phi) is 7.78. The van der Waals surface area contributed by atoms with Crippen LogP contribution in [-0.2, 0) is 0 Å². The summed E-state index contributed by atoms with van der Waals surface area (Å²) in [5.41, 5.74) is 11.0. The van der Waals surface area contributed by atoms with Gasteiger partial charge in [-0.3, -0.25) is 0 Å². The summed E-state index contributed by atoms with van der Waals surface area (Å²) in [6.07, 6.45) is 0. The van der Waals surface area contributed by atoms with Crippen LogP contribution in [0.25, 0.3) is 111 Å². The van der Waals surface area contributed by atoms with E-state index in [1.807, 2.05) is 36.4 Å². The van der Waals surface area contributed by atoms with Gasteiger partial charge in [0.2, 0.25) is 0 Å². The number of hydrogen-bond donors (Lipinski definition) is 0. The Balaban J connectivity index is 1.11. The van der Waals surface area contributed by atoms with Gasteiger partial charge in [-0.15, -0.1) is 0 Å². The molecule has 0 aliphatic rings. The largest absolute Gasteiger partial charge is 0.455 e. The van der Waals surface area contributed by atoms with Gasteiger partial charge in [0.25, 0.3) is 0 Å². The van der Waals surface area contributed by atoms with Gasteiger partial charge in [0.05, 0.1) is 5.56 Å². The molecule has 0 fully saturated rings. The van der Waals surface area contributed by atoms with Crippen LogP contribution in [0.15, 0.2) is 205 Å². The zero-order valence-corrected chi connectivity index (χ0v) is 30.8. The molecule has 11 aromatic rings. The van der Waals surface area contributed by atoms with Crippen molar-refractivity contribution in [2.24, 2.45) is 0 Å². The quantitative estimate of drug-likeness (QED) is 0.171. The zero-order chi connectivity index (χ0) is 37.7. The molecule has 9 aromatic carbocycles. The van der Waals surface area contributed by atoms with Gasteiger partial charge < -0.3 is 4.42 Å². The Morgan fingerprint density at radius 2 is 0.789 bits per heavy atom. The first-order chi connectivity index (χ1) is 28.2. The third-order valence-electron chi connectivity index (χ3n) is 10.9. The van der Waals surface area contributed by atoms with Gasteiger partial charge in [0.15, 0.2) is 17.5 Å². The van der Waals surface area contributed by atoms with Crippen LogP contribution < -0.4 is 0 Å². The molecule has 2 heterocycles. The molecule has 0 amide bonds. The summed E-state index contributed by atoms with van der Waals surface area (Å²) in [6.45, 7) is 0. The fourth-order valence-corrected chi connectivity index (χ4v) is 8.00. The monoisotopic (exact) mass is 727 g/mol. The molecular weight excluding hydrogens is 695 g/mol. The average Bonchev–Trinajstić information content (AvgIpc) is 3.65. The first-order valence-corrected chi connectivity index (χ1v) is 19.2. The SMILES string of the molecule is c1ccc(-c2ccc(-c3cc(-c4nc(-c5ccccc5)nc(-c5ccc(-c6cccc7ccccc67)cc5)n4)c4oc5cc6ccccc6cc5c4c3)cc2)cc1. The predicted molar refractivity (Wildman–Crippen MR) is 235 cm³/mol. The van der Waals surface area contributed by atoms with E-state index in [1.165, 1.54) is 27.5 Å². The van der Waals surface area contributed by atoms with E-state index >= 15 is 0 Å². The van der Waals surface area contributed by atoms with Crippen LogP contribution in [0.5, 0.6) is 0 Å². The van der Waals surface area contributed by atoms with Crippen molar-refractivity contribution in [2.75, 3.05) is 0 Å². The Labute approximate surface area is 329 Å². The van der Waals surface area contributed by atoms with Crippen molar-refractivity contribution < 1.29 is 4.42 Å². The third kappa shape index (κ3) is 5.92.